The van der Waals surface area contributed by atoms with E-state index in [2.05, 4.69) is 12.0 Å². The van der Waals surface area contributed by atoms with Crippen LogP contribution in [0.2, 0.25) is 0 Å². The summed E-state index contributed by atoms with van der Waals surface area (Å²) in [5, 5.41) is 4.54. The Kier molecular flexibility index (Phi) is 7.07. The van der Waals surface area contributed by atoms with Crippen molar-refractivity contribution in [3.05, 3.63) is 78.1 Å². The molecule has 172 valence electrons. The summed E-state index contributed by atoms with van der Waals surface area (Å²) in [6, 6.07) is 18.8. The number of ether oxygens (including phenoxy) is 1. The zero-order valence-corrected chi connectivity index (χ0v) is 19.2. The smallest absolute Gasteiger partial charge is 0.274 e. The van der Waals surface area contributed by atoms with Crippen LogP contribution in [0.25, 0.3) is 5.69 Å². The number of amides is 2. The lowest BCUT2D eigenvalue weighted by atomic mass is 10.0. The van der Waals surface area contributed by atoms with Gasteiger partial charge in [-0.2, -0.15) is 5.10 Å². The molecule has 0 atom stereocenters. The lowest BCUT2D eigenvalue weighted by Gasteiger charge is -2.38. The summed E-state index contributed by atoms with van der Waals surface area (Å²) in [5.41, 5.74) is 2.01. The van der Waals surface area contributed by atoms with Gasteiger partial charge in [0.05, 0.1) is 12.8 Å². The second-order valence-electron chi connectivity index (χ2n) is 8.23. The van der Waals surface area contributed by atoms with Crippen molar-refractivity contribution >= 4 is 11.8 Å². The van der Waals surface area contributed by atoms with Crippen LogP contribution in [-0.4, -0.2) is 64.2 Å². The van der Waals surface area contributed by atoms with Crippen LogP contribution in [-0.2, 0) is 0 Å². The molecule has 0 aliphatic carbocycles. The van der Waals surface area contributed by atoms with Gasteiger partial charge in [-0.25, -0.2) is 4.68 Å². The molecule has 1 fully saturated rings. The Balaban J connectivity index is 1.43. The lowest BCUT2D eigenvalue weighted by Crippen LogP contribution is -2.49. The van der Waals surface area contributed by atoms with E-state index in [1.54, 1.807) is 24.1 Å². The average Bonchev–Trinajstić information content (AvgIpc) is 3.38. The van der Waals surface area contributed by atoms with Crippen LogP contribution in [0.15, 0.2) is 66.9 Å². The minimum atomic E-state index is -0.0584. The fourth-order valence-electron chi connectivity index (χ4n) is 4.30. The molecule has 1 aromatic heterocycles. The number of piperidine rings is 1. The zero-order chi connectivity index (χ0) is 23.2. The fourth-order valence-corrected chi connectivity index (χ4v) is 4.30. The lowest BCUT2D eigenvalue weighted by molar-refractivity contribution is 0.0515. The quantitative estimate of drug-likeness (QED) is 0.549. The van der Waals surface area contributed by atoms with Gasteiger partial charge in [0.15, 0.2) is 5.69 Å². The third kappa shape index (κ3) is 5.08. The first-order chi connectivity index (χ1) is 16.1. The number of benzene rings is 2. The maximum Gasteiger partial charge on any atom is 0.274 e. The van der Waals surface area contributed by atoms with Crippen molar-refractivity contribution < 1.29 is 14.3 Å². The molecule has 2 aromatic carbocycles. The zero-order valence-electron chi connectivity index (χ0n) is 19.2. The van der Waals surface area contributed by atoms with Crippen LogP contribution in [0.1, 0.15) is 47.0 Å². The molecule has 2 heterocycles. The van der Waals surface area contributed by atoms with E-state index in [1.165, 1.54) is 0 Å². The Morgan fingerprint density at radius 3 is 2.36 bits per heavy atom. The van der Waals surface area contributed by atoms with E-state index in [-0.39, 0.29) is 17.9 Å². The van der Waals surface area contributed by atoms with Gasteiger partial charge in [0, 0.05) is 37.4 Å². The molecule has 0 spiro atoms. The minimum absolute atomic E-state index is 0.0562. The van der Waals surface area contributed by atoms with Gasteiger partial charge in [0.1, 0.15) is 5.75 Å². The van der Waals surface area contributed by atoms with E-state index in [0.29, 0.717) is 30.9 Å². The van der Waals surface area contributed by atoms with E-state index in [4.69, 9.17) is 4.74 Å². The van der Waals surface area contributed by atoms with Gasteiger partial charge in [-0.05, 0) is 61.7 Å². The summed E-state index contributed by atoms with van der Waals surface area (Å²) in [4.78, 5) is 29.9. The molecular formula is C26H30N4O3. The minimum Gasteiger partial charge on any atom is -0.497 e. The van der Waals surface area contributed by atoms with Crippen LogP contribution >= 0.6 is 0 Å². The number of carbonyl (C=O) groups is 2. The second kappa shape index (κ2) is 10.3. The number of rotatable bonds is 7. The molecule has 1 saturated heterocycles. The molecule has 0 bridgehead atoms. The summed E-state index contributed by atoms with van der Waals surface area (Å²) in [5.74, 6) is 0.769. The molecule has 0 unspecified atom stereocenters. The monoisotopic (exact) mass is 446 g/mol. The largest absolute Gasteiger partial charge is 0.497 e. The highest BCUT2D eigenvalue weighted by atomic mass is 16.5. The number of aromatic nitrogens is 2. The van der Waals surface area contributed by atoms with Crippen molar-refractivity contribution in [3.63, 3.8) is 0 Å². The summed E-state index contributed by atoms with van der Waals surface area (Å²) in [6.07, 6.45) is 4.21. The number of carbonyl (C=O) groups excluding carboxylic acids is 2. The summed E-state index contributed by atoms with van der Waals surface area (Å²) in [7, 11) is 1.63. The Labute approximate surface area is 194 Å². The van der Waals surface area contributed by atoms with Gasteiger partial charge in [0.25, 0.3) is 11.8 Å². The standard InChI is InChI=1S/C26H30N4O3/c1-3-16-29(21-13-17-28(18-14-21)25(31)20-7-5-4-6-8-20)26(32)24-15-19-30(27-24)22-9-11-23(33-2)12-10-22/h4-12,15,19,21H,3,13-14,16-18H2,1-2H3. The van der Waals surface area contributed by atoms with Crippen molar-refractivity contribution in [2.75, 3.05) is 26.7 Å². The predicted molar refractivity (Wildman–Crippen MR) is 127 cm³/mol. The normalized spacial score (nSPS) is 14.2. The van der Waals surface area contributed by atoms with E-state index in [9.17, 15) is 9.59 Å². The molecule has 2 amide bonds. The Morgan fingerprint density at radius 1 is 1.03 bits per heavy atom. The van der Waals surface area contributed by atoms with E-state index < -0.39 is 0 Å². The van der Waals surface area contributed by atoms with Gasteiger partial charge in [-0.1, -0.05) is 25.1 Å². The average molecular weight is 447 g/mol. The Bertz CT molecular complexity index is 1070. The van der Waals surface area contributed by atoms with Gasteiger partial charge in [-0.15, -0.1) is 0 Å². The molecule has 7 nitrogen and oxygen atoms in total. The summed E-state index contributed by atoms with van der Waals surface area (Å²) >= 11 is 0. The third-order valence-corrected chi connectivity index (χ3v) is 6.08. The highest BCUT2D eigenvalue weighted by Crippen LogP contribution is 2.21. The molecule has 0 radical (unpaired) electrons. The molecule has 0 N–H and O–H groups in total. The van der Waals surface area contributed by atoms with Crippen LogP contribution in [0, 0.1) is 0 Å². The number of methoxy groups -OCH3 is 1. The third-order valence-electron chi connectivity index (χ3n) is 6.08. The van der Waals surface area contributed by atoms with Crippen molar-refractivity contribution in [2.45, 2.75) is 32.2 Å². The first-order valence-corrected chi connectivity index (χ1v) is 11.5. The first-order valence-electron chi connectivity index (χ1n) is 11.5. The molecular weight excluding hydrogens is 416 g/mol. The van der Waals surface area contributed by atoms with Gasteiger partial charge < -0.3 is 14.5 Å². The molecule has 7 heteroatoms. The number of likely N-dealkylation sites (tertiary alicyclic amines) is 1. The molecule has 0 saturated carbocycles. The Morgan fingerprint density at radius 2 is 1.73 bits per heavy atom. The topological polar surface area (TPSA) is 67.7 Å². The van der Waals surface area contributed by atoms with Crippen LogP contribution in [0.5, 0.6) is 5.75 Å². The van der Waals surface area contributed by atoms with Gasteiger partial charge in [0.2, 0.25) is 0 Å². The molecule has 1 aliphatic heterocycles. The number of hydrogen-bond donors (Lipinski definition) is 0. The fraction of sp³-hybridized carbons (Fsp3) is 0.346. The van der Waals surface area contributed by atoms with E-state index in [1.807, 2.05) is 64.4 Å². The van der Waals surface area contributed by atoms with Crippen LogP contribution < -0.4 is 4.74 Å². The second-order valence-corrected chi connectivity index (χ2v) is 8.23. The van der Waals surface area contributed by atoms with Crippen molar-refractivity contribution in [1.82, 2.24) is 19.6 Å². The van der Waals surface area contributed by atoms with Crippen LogP contribution in [0.3, 0.4) is 0 Å². The molecule has 3 aromatic rings. The molecule has 1 aliphatic rings. The first kappa shape index (κ1) is 22.6. The Hall–Kier alpha value is -3.61. The van der Waals surface area contributed by atoms with Crippen molar-refractivity contribution in [3.8, 4) is 11.4 Å². The van der Waals surface area contributed by atoms with Gasteiger partial charge in [-0.3, -0.25) is 9.59 Å². The van der Waals surface area contributed by atoms with Crippen LogP contribution in [0.4, 0.5) is 0 Å². The SMILES string of the molecule is CCCN(C(=O)c1ccn(-c2ccc(OC)cc2)n1)C1CCN(C(=O)c2ccccc2)CC1. The van der Waals surface area contributed by atoms with Gasteiger partial charge >= 0.3 is 0 Å². The molecule has 4 rings (SSSR count). The molecule has 33 heavy (non-hydrogen) atoms. The van der Waals surface area contributed by atoms with E-state index in [0.717, 1.165) is 30.7 Å². The predicted octanol–water partition coefficient (Wildman–Crippen LogP) is 4.04. The van der Waals surface area contributed by atoms with E-state index >= 15 is 0 Å². The number of nitrogens with zero attached hydrogens (tertiary/aromatic N) is 4. The highest BCUT2D eigenvalue weighted by molar-refractivity contribution is 5.94. The van der Waals surface area contributed by atoms with Crippen molar-refractivity contribution in [1.29, 1.82) is 0 Å². The summed E-state index contributed by atoms with van der Waals surface area (Å²) < 4.78 is 6.91. The maximum absolute atomic E-state index is 13.4. The van der Waals surface area contributed by atoms with Crippen molar-refractivity contribution in [2.24, 2.45) is 0 Å². The number of hydrogen-bond acceptors (Lipinski definition) is 4. The maximum atomic E-state index is 13.4. The summed E-state index contributed by atoms with van der Waals surface area (Å²) in [6.45, 7) is 4.04. The highest BCUT2D eigenvalue weighted by Gasteiger charge is 2.31.